The van der Waals surface area contributed by atoms with Gasteiger partial charge >= 0.3 is 0 Å². The van der Waals surface area contributed by atoms with Crippen molar-refractivity contribution in [1.29, 1.82) is 0 Å². The summed E-state index contributed by atoms with van der Waals surface area (Å²) in [5, 5.41) is 0. The zero-order valence-electron chi connectivity index (χ0n) is 18.7. The van der Waals surface area contributed by atoms with Gasteiger partial charge in [0.05, 0.1) is 0 Å². The van der Waals surface area contributed by atoms with Crippen LogP contribution < -0.4 is 4.90 Å². The van der Waals surface area contributed by atoms with Crippen LogP contribution in [-0.4, -0.2) is 38.5 Å². The topological polar surface area (TPSA) is 6.25 Å². The molecule has 30 heavy (non-hydrogen) atoms. The van der Waals surface area contributed by atoms with Crippen LogP contribution in [0.15, 0.2) is 77.9 Å². The predicted octanol–water partition coefficient (Wildman–Crippen LogP) is 5.06. The molecule has 2 heteroatoms. The standard InChI is InChI=1S/C28H29N2/c1-28(2)26-18-21(29(3)4)13-16-24(26)23(15-12-20-10-8-7-9-11-20)25-17-14-22(30(5)6)19-27(25)28/h7-11,13-14,16-19H,1-6H3/q+1. The lowest BCUT2D eigenvalue weighted by Crippen LogP contribution is -2.30. The van der Waals surface area contributed by atoms with Gasteiger partial charge in [-0.1, -0.05) is 50.0 Å². The highest BCUT2D eigenvalue weighted by molar-refractivity contribution is 6.06. The second-order valence-electron chi connectivity index (χ2n) is 8.86. The molecule has 150 valence electrons. The highest BCUT2D eigenvalue weighted by Crippen LogP contribution is 2.48. The normalized spacial score (nSPS) is 16.2. The van der Waals surface area contributed by atoms with Gasteiger partial charge in [0.15, 0.2) is 5.71 Å². The Kier molecular flexibility index (Phi) is 5.00. The molecule has 0 heterocycles. The van der Waals surface area contributed by atoms with Gasteiger partial charge in [-0.25, -0.2) is 4.58 Å². The van der Waals surface area contributed by atoms with Crippen LogP contribution in [0, 0.1) is 11.8 Å². The van der Waals surface area contributed by atoms with Crippen LogP contribution in [0.3, 0.4) is 0 Å². The molecule has 0 fully saturated rings. The lowest BCUT2D eigenvalue weighted by molar-refractivity contribution is -0.462. The maximum atomic E-state index is 3.52. The fraction of sp³-hybridized carbons (Fsp3) is 0.250. The number of fused-ring (bicyclic) bond motifs is 2. The molecule has 2 nitrogen and oxygen atoms in total. The summed E-state index contributed by atoms with van der Waals surface area (Å²) >= 11 is 0. The molecule has 2 aliphatic rings. The minimum atomic E-state index is -0.110. The van der Waals surface area contributed by atoms with Crippen molar-refractivity contribution in [3.05, 3.63) is 94.6 Å². The van der Waals surface area contributed by atoms with Crippen LogP contribution in [0.1, 0.15) is 30.5 Å². The summed E-state index contributed by atoms with van der Waals surface area (Å²) < 4.78 is 2.16. The fourth-order valence-electron chi connectivity index (χ4n) is 4.17. The SMILES string of the molecule is CN(C)c1ccc2c(c1)C(C)(C)C1=CC(=[N+](C)C)C=CC1=C2C#Cc1ccccc1. The Bertz CT molecular complexity index is 1190. The van der Waals surface area contributed by atoms with Gasteiger partial charge in [0.2, 0.25) is 0 Å². The van der Waals surface area contributed by atoms with E-state index in [2.05, 4.69) is 112 Å². The maximum absolute atomic E-state index is 3.52. The highest BCUT2D eigenvalue weighted by atomic mass is 15.1. The van der Waals surface area contributed by atoms with Gasteiger partial charge < -0.3 is 4.90 Å². The average Bonchev–Trinajstić information content (AvgIpc) is 2.74. The molecule has 0 aliphatic heterocycles. The Morgan fingerprint density at radius 2 is 1.63 bits per heavy atom. The van der Waals surface area contributed by atoms with Crippen molar-refractivity contribution in [2.75, 3.05) is 33.1 Å². The molecule has 2 aromatic rings. The summed E-state index contributed by atoms with van der Waals surface area (Å²) in [5.74, 6) is 6.92. The quantitative estimate of drug-likeness (QED) is 0.485. The van der Waals surface area contributed by atoms with E-state index >= 15 is 0 Å². The predicted molar refractivity (Wildman–Crippen MR) is 128 cm³/mol. The minimum absolute atomic E-state index is 0.110. The van der Waals surface area contributed by atoms with Crippen molar-refractivity contribution >= 4 is 17.0 Å². The molecule has 2 aliphatic carbocycles. The Balaban J connectivity index is 2.00. The van der Waals surface area contributed by atoms with Crippen LogP contribution in [-0.2, 0) is 5.41 Å². The Morgan fingerprint density at radius 3 is 2.30 bits per heavy atom. The van der Waals surface area contributed by atoms with Crippen LogP contribution in [0.5, 0.6) is 0 Å². The summed E-state index contributed by atoms with van der Waals surface area (Å²) in [5.41, 5.74) is 9.59. The van der Waals surface area contributed by atoms with E-state index in [4.69, 9.17) is 0 Å². The summed E-state index contributed by atoms with van der Waals surface area (Å²) in [6.07, 6.45) is 6.76. The number of anilines is 1. The van der Waals surface area contributed by atoms with Gasteiger partial charge in [-0.15, -0.1) is 0 Å². The van der Waals surface area contributed by atoms with Crippen molar-refractivity contribution in [3.63, 3.8) is 0 Å². The number of benzene rings is 2. The number of rotatable bonds is 1. The Morgan fingerprint density at radius 1 is 0.900 bits per heavy atom. The number of nitrogens with zero attached hydrogens (tertiary/aromatic N) is 2. The van der Waals surface area contributed by atoms with Gasteiger partial charge in [0, 0.05) is 48.5 Å². The lowest BCUT2D eigenvalue weighted by Gasteiger charge is -2.38. The van der Waals surface area contributed by atoms with Gasteiger partial charge in [0.1, 0.15) is 14.1 Å². The third kappa shape index (κ3) is 3.42. The molecule has 0 N–H and O–H groups in total. The molecular formula is C28H29N2+. The molecular weight excluding hydrogens is 364 g/mol. The molecule has 0 aromatic heterocycles. The lowest BCUT2D eigenvalue weighted by atomic mass is 9.65. The van der Waals surface area contributed by atoms with E-state index in [0.717, 1.165) is 11.1 Å². The van der Waals surface area contributed by atoms with E-state index < -0.39 is 0 Å². The second-order valence-corrected chi connectivity index (χ2v) is 8.86. The minimum Gasteiger partial charge on any atom is -0.378 e. The zero-order valence-corrected chi connectivity index (χ0v) is 18.7. The maximum Gasteiger partial charge on any atom is 0.199 e. The molecule has 2 aromatic carbocycles. The molecule has 0 bridgehead atoms. The Hall–Kier alpha value is -3.31. The molecule has 0 saturated carbocycles. The van der Waals surface area contributed by atoms with Crippen LogP contribution in [0.25, 0.3) is 5.57 Å². The van der Waals surface area contributed by atoms with Crippen molar-refractivity contribution in [1.82, 2.24) is 0 Å². The van der Waals surface area contributed by atoms with Gasteiger partial charge in [-0.05, 0) is 52.6 Å². The van der Waals surface area contributed by atoms with Gasteiger partial charge in [-0.2, -0.15) is 0 Å². The molecule has 0 radical (unpaired) electrons. The first-order valence-electron chi connectivity index (χ1n) is 10.4. The van der Waals surface area contributed by atoms with E-state index in [1.807, 2.05) is 18.2 Å². The molecule has 0 unspecified atom stereocenters. The second kappa shape index (κ2) is 7.50. The third-order valence-electron chi connectivity index (χ3n) is 6.03. The summed E-state index contributed by atoms with van der Waals surface area (Å²) in [6, 6.07) is 17.0. The van der Waals surface area contributed by atoms with Crippen molar-refractivity contribution in [3.8, 4) is 11.8 Å². The zero-order chi connectivity index (χ0) is 21.5. The molecule has 4 rings (SSSR count). The number of hydrogen-bond acceptors (Lipinski definition) is 1. The first-order valence-corrected chi connectivity index (χ1v) is 10.4. The van der Waals surface area contributed by atoms with Crippen molar-refractivity contribution in [2.45, 2.75) is 19.3 Å². The van der Waals surface area contributed by atoms with Crippen LogP contribution in [0.4, 0.5) is 5.69 Å². The van der Waals surface area contributed by atoms with Gasteiger partial charge in [0.25, 0.3) is 0 Å². The first kappa shape index (κ1) is 20.0. The van der Waals surface area contributed by atoms with E-state index in [-0.39, 0.29) is 5.41 Å². The molecule has 0 atom stereocenters. The summed E-state index contributed by atoms with van der Waals surface area (Å²) in [7, 11) is 8.37. The monoisotopic (exact) mass is 393 g/mol. The van der Waals surface area contributed by atoms with Crippen molar-refractivity contribution < 1.29 is 4.58 Å². The van der Waals surface area contributed by atoms with E-state index in [9.17, 15) is 0 Å². The van der Waals surface area contributed by atoms with E-state index in [1.165, 1.54) is 33.7 Å². The van der Waals surface area contributed by atoms with E-state index in [1.54, 1.807) is 0 Å². The van der Waals surface area contributed by atoms with Crippen LogP contribution in [0.2, 0.25) is 0 Å². The number of allylic oxidation sites excluding steroid dienone is 6. The smallest absolute Gasteiger partial charge is 0.199 e. The summed E-state index contributed by atoms with van der Waals surface area (Å²) in [6.45, 7) is 4.65. The largest absolute Gasteiger partial charge is 0.378 e. The van der Waals surface area contributed by atoms with Crippen LogP contribution >= 0.6 is 0 Å². The first-order chi connectivity index (χ1) is 14.3. The highest BCUT2D eigenvalue weighted by Gasteiger charge is 2.38. The van der Waals surface area contributed by atoms with E-state index in [0.29, 0.717) is 0 Å². The Labute approximate surface area is 180 Å². The molecule has 0 spiro atoms. The van der Waals surface area contributed by atoms with Gasteiger partial charge in [-0.3, -0.25) is 0 Å². The van der Waals surface area contributed by atoms with Crippen molar-refractivity contribution in [2.24, 2.45) is 0 Å². The average molecular weight is 394 g/mol. The number of hydrogen-bond donors (Lipinski definition) is 0. The molecule has 0 amide bonds. The third-order valence-corrected chi connectivity index (χ3v) is 6.03. The fourth-order valence-corrected chi connectivity index (χ4v) is 4.17. The summed E-state index contributed by atoms with van der Waals surface area (Å²) in [4.78, 5) is 2.16. The molecule has 0 saturated heterocycles.